The third-order valence-electron chi connectivity index (χ3n) is 5.49. The maximum absolute atomic E-state index is 10.4. The van der Waals surface area contributed by atoms with Crippen LogP contribution in [0.2, 0.25) is 0 Å². The minimum absolute atomic E-state index is 0.00296. The van der Waals surface area contributed by atoms with Crippen LogP contribution < -0.4 is 0 Å². The van der Waals surface area contributed by atoms with Crippen LogP contribution in [0.15, 0.2) is 0 Å². The van der Waals surface area contributed by atoms with Crippen molar-refractivity contribution in [1.82, 2.24) is 4.90 Å². The van der Waals surface area contributed by atoms with Gasteiger partial charge in [-0.15, -0.1) is 0 Å². The molecule has 92 valence electrons. The lowest BCUT2D eigenvalue weighted by Gasteiger charge is -2.45. The van der Waals surface area contributed by atoms with E-state index in [2.05, 4.69) is 11.9 Å². The molecule has 0 aromatic heterocycles. The van der Waals surface area contributed by atoms with Crippen LogP contribution in [0.5, 0.6) is 0 Å². The van der Waals surface area contributed by atoms with Gasteiger partial charge in [-0.1, -0.05) is 32.1 Å². The summed E-state index contributed by atoms with van der Waals surface area (Å²) in [6, 6.07) is 1.37. The molecule has 16 heavy (non-hydrogen) atoms. The SMILES string of the molecule is CN1C2CCC1C(C1CCCCC1)C(O)C2. The standard InChI is InChI=1S/C14H25NO/c1-15-11-7-8-12(15)14(13(16)9-11)10-5-3-2-4-6-10/h10-14,16H,2-9H2,1H3. The predicted octanol–water partition coefficient (Wildman–Crippen LogP) is 2.41. The van der Waals surface area contributed by atoms with E-state index in [0.717, 1.165) is 12.3 Å². The molecule has 1 saturated carbocycles. The normalized spacial score (nSPS) is 46.1. The number of aliphatic hydroxyl groups excluding tert-OH is 1. The second-order valence-corrected chi connectivity index (χ2v) is 6.24. The van der Waals surface area contributed by atoms with E-state index in [1.54, 1.807) is 0 Å². The molecule has 3 rings (SSSR count). The van der Waals surface area contributed by atoms with Gasteiger partial charge >= 0.3 is 0 Å². The van der Waals surface area contributed by atoms with Crippen molar-refractivity contribution in [3.63, 3.8) is 0 Å². The van der Waals surface area contributed by atoms with Gasteiger partial charge in [0.15, 0.2) is 0 Å². The molecular formula is C14H25NO. The van der Waals surface area contributed by atoms with Crippen molar-refractivity contribution < 1.29 is 5.11 Å². The molecule has 4 unspecified atom stereocenters. The van der Waals surface area contributed by atoms with E-state index in [4.69, 9.17) is 0 Å². The number of nitrogens with zero attached hydrogens (tertiary/aromatic N) is 1. The average molecular weight is 223 g/mol. The van der Waals surface area contributed by atoms with E-state index in [-0.39, 0.29) is 6.10 Å². The fourth-order valence-corrected chi connectivity index (χ4v) is 4.63. The third kappa shape index (κ3) is 1.70. The molecule has 1 aliphatic carbocycles. The summed E-state index contributed by atoms with van der Waals surface area (Å²) >= 11 is 0. The number of hydrogen-bond acceptors (Lipinski definition) is 2. The number of fused-ring (bicyclic) bond motifs is 2. The van der Waals surface area contributed by atoms with Crippen molar-refractivity contribution >= 4 is 0 Å². The van der Waals surface area contributed by atoms with Gasteiger partial charge in [-0.3, -0.25) is 4.90 Å². The Morgan fingerprint density at radius 3 is 2.50 bits per heavy atom. The van der Waals surface area contributed by atoms with E-state index < -0.39 is 0 Å². The molecule has 2 nitrogen and oxygen atoms in total. The van der Waals surface area contributed by atoms with Gasteiger partial charge in [0, 0.05) is 18.0 Å². The molecule has 2 heteroatoms. The highest BCUT2D eigenvalue weighted by Crippen LogP contribution is 2.45. The number of rotatable bonds is 1. The second-order valence-electron chi connectivity index (χ2n) is 6.24. The van der Waals surface area contributed by atoms with Crippen molar-refractivity contribution in [2.45, 2.75) is 69.6 Å². The van der Waals surface area contributed by atoms with Gasteiger partial charge in [0.1, 0.15) is 0 Å². The first kappa shape index (κ1) is 11.0. The smallest absolute Gasteiger partial charge is 0.0600 e. The molecule has 0 radical (unpaired) electrons. The van der Waals surface area contributed by atoms with Crippen LogP contribution >= 0.6 is 0 Å². The molecule has 1 N–H and O–H groups in total. The van der Waals surface area contributed by atoms with Crippen LogP contribution in [0.3, 0.4) is 0 Å². The Hall–Kier alpha value is -0.0800. The summed E-state index contributed by atoms with van der Waals surface area (Å²) in [6.07, 6.45) is 10.6. The summed E-state index contributed by atoms with van der Waals surface area (Å²) in [5, 5.41) is 10.4. The zero-order valence-electron chi connectivity index (χ0n) is 10.4. The lowest BCUT2D eigenvalue weighted by molar-refractivity contribution is -0.0407. The van der Waals surface area contributed by atoms with Crippen LogP contribution in [-0.2, 0) is 0 Å². The van der Waals surface area contributed by atoms with Gasteiger partial charge in [0.05, 0.1) is 6.10 Å². The first-order chi connectivity index (χ1) is 7.77. The van der Waals surface area contributed by atoms with E-state index in [1.807, 2.05) is 0 Å². The summed E-state index contributed by atoms with van der Waals surface area (Å²) in [6.45, 7) is 0. The molecule has 0 aromatic carbocycles. The Labute approximate surface area is 99.0 Å². The molecule has 2 aliphatic heterocycles. The summed E-state index contributed by atoms with van der Waals surface area (Å²) in [7, 11) is 2.28. The van der Waals surface area contributed by atoms with Gasteiger partial charge in [-0.25, -0.2) is 0 Å². The zero-order chi connectivity index (χ0) is 11.1. The minimum atomic E-state index is -0.00296. The van der Waals surface area contributed by atoms with Crippen molar-refractivity contribution in [2.75, 3.05) is 7.05 Å². The highest BCUT2D eigenvalue weighted by atomic mass is 16.3. The molecule has 3 aliphatic rings. The molecule has 2 heterocycles. The van der Waals surface area contributed by atoms with Crippen LogP contribution in [0.4, 0.5) is 0 Å². The first-order valence-corrected chi connectivity index (χ1v) is 7.17. The van der Waals surface area contributed by atoms with E-state index >= 15 is 0 Å². The van der Waals surface area contributed by atoms with Crippen molar-refractivity contribution in [3.8, 4) is 0 Å². The molecule has 2 saturated heterocycles. The Balaban J connectivity index is 1.76. The Morgan fingerprint density at radius 2 is 1.75 bits per heavy atom. The zero-order valence-corrected chi connectivity index (χ0v) is 10.4. The van der Waals surface area contributed by atoms with Crippen LogP contribution in [0.1, 0.15) is 51.4 Å². The number of piperidine rings is 1. The molecule has 0 aromatic rings. The largest absolute Gasteiger partial charge is 0.393 e. The summed E-state index contributed by atoms with van der Waals surface area (Å²) in [5.41, 5.74) is 0. The topological polar surface area (TPSA) is 23.5 Å². The van der Waals surface area contributed by atoms with Crippen molar-refractivity contribution in [1.29, 1.82) is 0 Å². The molecule has 0 spiro atoms. The number of aliphatic hydroxyl groups is 1. The Morgan fingerprint density at radius 1 is 1.00 bits per heavy atom. The van der Waals surface area contributed by atoms with Gasteiger partial charge in [0.25, 0.3) is 0 Å². The second kappa shape index (κ2) is 4.30. The summed E-state index contributed by atoms with van der Waals surface area (Å²) < 4.78 is 0. The van der Waals surface area contributed by atoms with Gasteiger partial charge < -0.3 is 5.11 Å². The lowest BCUT2D eigenvalue weighted by atomic mass is 9.72. The monoisotopic (exact) mass is 223 g/mol. The molecular weight excluding hydrogens is 198 g/mol. The maximum atomic E-state index is 10.4. The van der Waals surface area contributed by atoms with Crippen molar-refractivity contribution in [3.05, 3.63) is 0 Å². The minimum Gasteiger partial charge on any atom is -0.393 e. The van der Waals surface area contributed by atoms with Gasteiger partial charge in [-0.2, -0.15) is 0 Å². The van der Waals surface area contributed by atoms with E-state index in [9.17, 15) is 5.11 Å². The van der Waals surface area contributed by atoms with Crippen molar-refractivity contribution in [2.24, 2.45) is 11.8 Å². The Kier molecular flexibility index (Phi) is 2.97. The lowest BCUT2D eigenvalue weighted by Crippen LogP contribution is -2.51. The fraction of sp³-hybridized carbons (Fsp3) is 1.00. The molecule has 2 bridgehead atoms. The quantitative estimate of drug-likeness (QED) is 0.738. The predicted molar refractivity (Wildman–Crippen MR) is 65.3 cm³/mol. The first-order valence-electron chi connectivity index (χ1n) is 7.17. The Bertz CT molecular complexity index is 249. The molecule has 4 atom stereocenters. The van der Waals surface area contributed by atoms with Crippen LogP contribution in [0.25, 0.3) is 0 Å². The van der Waals surface area contributed by atoms with Crippen LogP contribution in [-0.4, -0.2) is 35.2 Å². The van der Waals surface area contributed by atoms with Crippen LogP contribution in [0, 0.1) is 11.8 Å². The molecule has 3 fully saturated rings. The number of hydrogen-bond donors (Lipinski definition) is 1. The summed E-state index contributed by atoms with van der Waals surface area (Å²) in [4.78, 5) is 2.58. The third-order valence-corrected chi connectivity index (χ3v) is 5.49. The van der Waals surface area contributed by atoms with Gasteiger partial charge in [0.2, 0.25) is 0 Å². The summed E-state index contributed by atoms with van der Waals surface area (Å²) in [5.74, 6) is 1.40. The average Bonchev–Trinajstić information content (AvgIpc) is 2.56. The fourth-order valence-electron chi connectivity index (χ4n) is 4.63. The highest BCUT2D eigenvalue weighted by Gasteiger charge is 2.47. The van der Waals surface area contributed by atoms with Gasteiger partial charge in [-0.05, 0) is 32.2 Å². The maximum Gasteiger partial charge on any atom is 0.0600 e. The highest BCUT2D eigenvalue weighted by molar-refractivity contribution is 5.01. The molecule has 0 amide bonds. The van der Waals surface area contributed by atoms with E-state index in [1.165, 1.54) is 44.9 Å². The van der Waals surface area contributed by atoms with E-state index in [0.29, 0.717) is 18.0 Å².